The van der Waals surface area contributed by atoms with Gasteiger partial charge in [-0.15, -0.1) is 0 Å². The molecule has 1 aliphatic heterocycles. The Kier molecular flexibility index (Phi) is 7.49. The molecule has 3 aromatic carbocycles. The normalized spacial score (nSPS) is 14.9. The summed E-state index contributed by atoms with van der Waals surface area (Å²) < 4.78 is 24.1. The lowest BCUT2D eigenvalue weighted by atomic mass is 10.1. The number of benzene rings is 3. The van der Waals surface area contributed by atoms with Crippen molar-refractivity contribution in [3.63, 3.8) is 0 Å². The van der Waals surface area contributed by atoms with E-state index in [4.69, 9.17) is 14.7 Å². The molecular formula is C28H24FN3O5. The van der Waals surface area contributed by atoms with Gasteiger partial charge in [0, 0.05) is 12.1 Å². The quantitative estimate of drug-likeness (QED) is 0.436. The van der Waals surface area contributed by atoms with Crippen LogP contribution in [-0.4, -0.2) is 49.4 Å². The Bertz CT molecular complexity index is 1370. The van der Waals surface area contributed by atoms with E-state index in [2.05, 4.69) is 0 Å². The molecule has 1 aliphatic rings. The van der Waals surface area contributed by atoms with Crippen molar-refractivity contribution in [3.8, 4) is 17.6 Å². The number of nitriles is 1. The van der Waals surface area contributed by atoms with E-state index in [0.717, 1.165) is 10.5 Å². The maximum atomic E-state index is 13.5. The van der Waals surface area contributed by atoms with Crippen LogP contribution in [0.15, 0.2) is 66.7 Å². The molecule has 0 aliphatic carbocycles. The van der Waals surface area contributed by atoms with Gasteiger partial charge in [-0.1, -0.05) is 6.07 Å². The van der Waals surface area contributed by atoms with Gasteiger partial charge in [0.05, 0.1) is 38.0 Å². The number of carbonyl (C=O) groups is 3. The summed E-state index contributed by atoms with van der Waals surface area (Å²) in [5.41, 5.74) is 1.74. The molecule has 188 valence electrons. The van der Waals surface area contributed by atoms with Crippen LogP contribution in [0.4, 0.5) is 10.1 Å². The maximum absolute atomic E-state index is 13.5. The van der Waals surface area contributed by atoms with Gasteiger partial charge in [-0.3, -0.25) is 14.4 Å². The third kappa shape index (κ3) is 5.28. The van der Waals surface area contributed by atoms with Gasteiger partial charge < -0.3 is 14.4 Å². The first-order chi connectivity index (χ1) is 17.9. The average molecular weight is 502 g/mol. The van der Waals surface area contributed by atoms with Crippen LogP contribution in [0.2, 0.25) is 0 Å². The fraction of sp³-hybridized carbons (Fsp3) is 0.214. The van der Waals surface area contributed by atoms with Crippen molar-refractivity contribution in [2.45, 2.75) is 18.9 Å². The highest BCUT2D eigenvalue weighted by atomic mass is 19.1. The summed E-state index contributed by atoms with van der Waals surface area (Å²) in [5.74, 6) is -0.906. The van der Waals surface area contributed by atoms with Crippen LogP contribution in [0.25, 0.3) is 0 Å². The number of amides is 3. The third-order valence-corrected chi connectivity index (χ3v) is 6.20. The smallest absolute Gasteiger partial charge is 0.257 e. The van der Waals surface area contributed by atoms with E-state index in [9.17, 15) is 18.8 Å². The van der Waals surface area contributed by atoms with Gasteiger partial charge in [0.25, 0.3) is 11.8 Å². The number of anilines is 1. The zero-order chi connectivity index (χ0) is 26.5. The topological polar surface area (TPSA) is 99.9 Å². The third-order valence-electron chi connectivity index (χ3n) is 6.20. The van der Waals surface area contributed by atoms with Crippen LogP contribution in [-0.2, 0) is 16.0 Å². The highest BCUT2D eigenvalue weighted by Crippen LogP contribution is 2.30. The zero-order valence-corrected chi connectivity index (χ0v) is 20.3. The molecule has 1 saturated heterocycles. The molecule has 1 atom stereocenters. The van der Waals surface area contributed by atoms with Crippen molar-refractivity contribution in [2.75, 3.05) is 25.7 Å². The van der Waals surface area contributed by atoms with Crippen LogP contribution >= 0.6 is 0 Å². The number of ether oxygens (including phenoxy) is 2. The van der Waals surface area contributed by atoms with Gasteiger partial charge in [0.15, 0.2) is 11.5 Å². The summed E-state index contributed by atoms with van der Waals surface area (Å²) in [6.45, 7) is 0.122. The Labute approximate surface area is 213 Å². The summed E-state index contributed by atoms with van der Waals surface area (Å²) in [6, 6.07) is 17.4. The Balaban J connectivity index is 1.63. The van der Waals surface area contributed by atoms with E-state index < -0.39 is 29.6 Å². The van der Waals surface area contributed by atoms with Crippen molar-refractivity contribution in [1.29, 1.82) is 5.26 Å². The second-order valence-corrected chi connectivity index (χ2v) is 8.39. The lowest BCUT2D eigenvalue weighted by Crippen LogP contribution is -2.46. The highest BCUT2D eigenvalue weighted by molar-refractivity contribution is 6.23. The van der Waals surface area contributed by atoms with Crippen molar-refractivity contribution in [2.24, 2.45) is 0 Å². The van der Waals surface area contributed by atoms with Gasteiger partial charge in [-0.2, -0.15) is 5.26 Å². The molecule has 8 nitrogen and oxygen atoms in total. The van der Waals surface area contributed by atoms with Gasteiger partial charge >= 0.3 is 0 Å². The SMILES string of the molecule is COc1ccc(CCN(C(=O)c2ccc(F)cc2)C2CC(=O)N(c3ccc(C#N)cc3)C2=O)cc1OC. The van der Waals surface area contributed by atoms with E-state index in [1.807, 2.05) is 12.1 Å². The molecule has 37 heavy (non-hydrogen) atoms. The number of halogens is 1. The summed E-state index contributed by atoms with van der Waals surface area (Å²) in [6.07, 6.45) is 0.166. The molecule has 0 spiro atoms. The van der Waals surface area contributed by atoms with Gasteiger partial charge in [-0.25, -0.2) is 9.29 Å². The minimum Gasteiger partial charge on any atom is -0.493 e. The second-order valence-electron chi connectivity index (χ2n) is 8.39. The predicted molar refractivity (Wildman–Crippen MR) is 133 cm³/mol. The lowest BCUT2D eigenvalue weighted by molar-refractivity contribution is -0.122. The minimum absolute atomic E-state index is 0.122. The van der Waals surface area contributed by atoms with Crippen LogP contribution in [0.3, 0.4) is 0 Å². The van der Waals surface area contributed by atoms with E-state index in [1.54, 1.807) is 12.1 Å². The first kappa shape index (κ1) is 25.4. The van der Waals surface area contributed by atoms with Gasteiger partial charge in [0.1, 0.15) is 11.9 Å². The number of hydrogen-bond donors (Lipinski definition) is 0. The van der Waals surface area contributed by atoms with Gasteiger partial charge in [-0.05, 0) is 72.6 Å². The Morgan fingerprint density at radius 3 is 2.32 bits per heavy atom. The fourth-order valence-corrected chi connectivity index (χ4v) is 4.26. The molecule has 0 aromatic heterocycles. The highest BCUT2D eigenvalue weighted by Gasteiger charge is 2.44. The van der Waals surface area contributed by atoms with E-state index in [1.165, 1.54) is 67.7 Å². The molecule has 1 unspecified atom stereocenters. The first-order valence-electron chi connectivity index (χ1n) is 11.5. The average Bonchev–Trinajstić information content (AvgIpc) is 3.22. The molecule has 3 amide bonds. The van der Waals surface area contributed by atoms with E-state index in [0.29, 0.717) is 29.2 Å². The second kappa shape index (κ2) is 10.9. The van der Waals surface area contributed by atoms with Crippen molar-refractivity contribution in [3.05, 3.63) is 89.2 Å². The first-order valence-corrected chi connectivity index (χ1v) is 11.5. The van der Waals surface area contributed by atoms with E-state index >= 15 is 0 Å². The van der Waals surface area contributed by atoms with Crippen LogP contribution in [0.5, 0.6) is 11.5 Å². The molecule has 0 saturated carbocycles. The summed E-state index contributed by atoms with van der Waals surface area (Å²) in [7, 11) is 3.05. The lowest BCUT2D eigenvalue weighted by Gasteiger charge is -2.28. The van der Waals surface area contributed by atoms with Crippen molar-refractivity contribution < 1.29 is 28.2 Å². The van der Waals surface area contributed by atoms with Gasteiger partial charge in [0.2, 0.25) is 5.91 Å². The summed E-state index contributed by atoms with van der Waals surface area (Å²) in [5, 5.41) is 9.03. The summed E-state index contributed by atoms with van der Waals surface area (Å²) >= 11 is 0. The molecule has 4 rings (SSSR count). The standard InChI is InChI=1S/C28H24FN3O5/c1-36-24-12-5-18(15-25(24)37-2)13-14-31(27(34)20-6-8-21(29)9-7-20)23-16-26(33)32(28(23)35)22-10-3-19(17-30)4-11-22/h3-12,15,23H,13-14,16H2,1-2H3. The molecule has 9 heteroatoms. The Hall–Kier alpha value is -4.71. The largest absolute Gasteiger partial charge is 0.493 e. The molecule has 0 bridgehead atoms. The van der Waals surface area contributed by atoms with Crippen LogP contribution in [0, 0.1) is 17.1 Å². The monoisotopic (exact) mass is 501 g/mol. The van der Waals surface area contributed by atoms with E-state index in [-0.39, 0.29) is 18.5 Å². The molecular weight excluding hydrogens is 477 g/mol. The number of hydrogen-bond acceptors (Lipinski definition) is 6. The zero-order valence-electron chi connectivity index (χ0n) is 20.3. The number of methoxy groups -OCH3 is 2. The van der Waals surface area contributed by atoms with Crippen molar-refractivity contribution >= 4 is 23.4 Å². The molecule has 0 N–H and O–H groups in total. The Morgan fingerprint density at radius 2 is 1.70 bits per heavy atom. The molecule has 1 fully saturated rings. The minimum atomic E-state index is -1.04. The predicted octanol–water partition coefficient (Wildman–Crippen LogP) is 3.73. The number of rotatable bonds is 8. The molecule has 3 aromatic rings. The molecule has 0 radical (unpaired) electrons. The fourth-order valence-electron chi connectivity index (χ4n) is 4.26. The van der Waals surface area contributed by atoms with Crippen LogP contribution in [0.1, 0.15) is 27.9 Å². The number of imide groups is 1. The number of nitrogens with zero attached hydrogens (tertiary/aromatic N) is 3. The number of carbonyl (C=O) groups excluding carboxylic acids is 3. The summed E-state index contributed by atoms with van der Waals surface area (Å²) in [4.78, 5) is 42.3. The van der Waals surface area contributed by atoms with Crippen molar-refractivity contribution in [1.82, 2.24) is 4.90 Å². The maximum Gasteiger partial charge on any atom is 0.257 e. The van der Waals surface area contributed by atoms with Crippen LogP contribution < -0.4 is 14.4 Å². The molecule has 1 heterocycles. The Morgan fingerprint density at radius 1 is 1.03 bits per heavy atom.